The maximum atomic E-state index is 11.2. The molecule has 3 nitrogen and oxygen atoms in total. The molecule has 0 N–H and O–H groups in total. The van der Waals surface area contributed by atoms with Crippen molar-refractivity contribution in [3.8, 4) is 0 Å². The van der Waals surface area contributed by atoms with E-state index in [1.54, 1.807) is 13.1 Å². The Hall–Kier alpha value is -1.77. The van der Waals surface area contributed by atoms with Crippen LogP contribution in [-0.4, -0.2) is 16.5 Å². The number of aromatic nitrogens is 1. The Kier molecular flexibility index (Phi) is 4.95. The van der Waals surface area contributed by atoms with Gasteiger partial charge in [0.05, 0.1) is 0 Å². The fourth-order valence-corrected chi connectivity index (χ4v) is 1.62. The maximum absolute atomic E-state index is 11.2. The summed E-state index contributed by atoms with van der Waals surface area (Å²) in [6, 6.07) is 1.99. The molecule has 0 bridgehead atoms. The van der Waals surface area contributed by atoms with E-state index in [9.17, 15) is 4.79 Å². The van der Waals surface area contributed by atoms with E-state index in [2.05, 4.69) is 16.9 Å². The van der Waals surface area contributed by atoms with Crippen LogP contribution in [0, 0.1) is 6.92 Å². The van der Waals surface area contributed by atoms with E-state index in [1.165, 1.54) is 11.1 Å². The van der Waals surface area contributed by atoms with Gasteiger partial charge in [0.15, 0.2) is 5.78 Å². The van der Waals surface area contributed by atoms with Crippen molar-refractivity contribution in [2.45, 2.75) is 41.0 Å². The van der Waals surface area contributed by atoms with E-state index in [0.29, 0.717) is 0 Å². The Morgan fingerprint density at radius 3 is 2.50 bits per heavy atom. The van der Waals surface area contributed by atoms with Gasteiger partial charge in [-0.25, -0.2) is 0 Å². The maximum Gasteiger partial charge on any atom is 0.157 e. The van der Waals surface area contributed by atoms with Crippen LogP contribution in [0.5, 0.6) is 0 Å². The number of nitrogens with zero attached hydrogens (tertiary/aromatic N) is 2. The minimum absolute atomic E-state index is 0.0709. The van der Waals surface area contributed by atoms with Gasteiger partial charge in [-0.3, -0.25) is 14.8 Å². The molecule has 0 radical (unpaired) electrons. The number of pyridine rings is 1. The molecule has 0 amide bonds. The second-order valence-corrected chi connectivity index (χ2v) is 4.59. The summed E-state index contributed by atoms with van der Waals surface area (Å²) < 4.78 is 0. The molecule has 0 aliphatic rings. The van der Waals surface area contributed by atoms with E-state index in [1.807, 2.05) is 33.0 Å². The molecule has 0 unspecified atom stereocenters. The SMILES string of the molecule is CC(=O)/C(C)=C(C)/N=C(\C)Cc1cnccc1C. The molecule has 0 aliphatic carbocycles. The smallest absolute Gasteiger partial charge is 0.157 e. The third-order valence-electron chi connectivity index (χ3n) is 3.02. The Morgan fingerprint density at radius 1 is 1.28 bits per heavy atom. The third-order valence-corrected chi connectivity index (χ3v) is 3.02. The molecule has 0 saturated carbocycles. The normalized spacial score (nSPS) is 13.3. The lowest BCUT2D eigenvalue weighted by Gasteiger charge is -2.06. The van der Waals surface area contributed by atoms with Gasteiger partial charge in [-0.05, 0) is 51.8 Å². The van der Waals surface area contributed by atoms with Gasteiger partial charge in [-0.1, -0.05) is 0 Å². The first-order valence-corrected chi connectivity index (χ1v) is 6.04. The highest BCUT2D eigenvalue weighted by molar-refractivity contribution is 5.94. The van der Waals surface area contributed by atoms with Crippen LogP contribution in [-0.2, 0) is 11.2 Å². The summed E-state index contributed by atoms with van der Waals surface area (Å²) in [5, 5.41) is 0. The van der Waals surface area contributed by atoms with Crippen molar-refractivity contribution in [3.63, 3.8) is 0 Å². The highest BCUT2D eigenvalue weighted by Gasteiger charge is 2.03. The minimum atomic E-state index is 0.0709. The number of carbonyl (C=O) groups is 1. The average molecular weight is 244 g/mol. The van der Waals surface area contributed by atoms with Crippen LogP contribution in [0.4, 0.5) is 0 Å². The summed E-state index contributed by atoms with van der Waals surface area (Å²) in [6.45, 7) is 9.28. The summed E-state index contributed by atoms with van der Waals surface area (Å²) >= 11 is 0. The van der Waals surface area contributed by atoms with Crippen molar-refractivity contribution in [2.24, 2.45) is 4.99 Å². The van der Waals surface area contributed by atoms with Gasteiger partial charge < -0.3 is 0 Å². The van der Waals surface area contributed by atoms with Crippen molar-refractivity contribution >= 4 is 11.5 Å². The van der Waals surface area contributed by atoms with Crippen molar-refractivity contribution in [2.75, 3.05) is 0 Å². The topological polar surface area (TPSA) is 42.3 Å². The first-order valence-electron chi connectivity index (χ1n) is 6.04. The summed E-state index contributed by atoms with van der Waals surface area (Å²) in [4.78, 5) is 19.8. The predicted octanol–water partition coefficient (Wildman–Crippen LogP) is 3.28. The third kappa shape index (κ3) is 3.91. The van der Waals surface area contributed by atoms with Gasteiger partial charge in [0.25, 0.3) is 0 Å². The number of aliphatic imine (C=N–C) groups is 1. The van der Waals surface area contributed by atoms with Gasteiger partial charge in [0.2, 0.25) is 0 Å². The van der Waals surface area contributed by atoms with E-state index in [-0.39, 0.29) is 5.78 Å². The number of allylic oxidation sites excluding steroid dienone is 2. The van der Waals surface area contributed by atoms with Crippen LogP contribution >= 0.6 is 0 Å². The molecule has 0 fully saturated rings. The summed E-state index contributed by atoms with van der Waals surface area (Å²) in [5.41, 5.74) is 4.89. The number of hydrogen-bond acceptors (Lipinski definition) is 3. The molecule has 0 aliphatic heterocycles. The molecule has 1 heterocycles. The molecular weight excluding hydrogens is 224 g/mol. The molecule has 0 spiro atoms. The van der Waals surface area contributed by atoms with E-state index < -0.39 is 0 Å². The molecule has 1 rings (SSSR count). The van der Waals surface area contributed by atoms with Crippen LogP contribution in [0.15, 0.2) is 34.7 Å². The molecular formula is C15H20N2O. The summed E-state index contributed by atoms with van der Waals surface area (Å²) in [5.74, 6) is 0.0709. The van der Waals surface area contributed by atoms with Crippen LogP contribution in [0.2, 0.25) is 0 Å². The monoisotopic (exact) mass is 244 g/mol. The van der Waals surface area contributed by atoms with Gasteiger partial charge in [-0.15, -0.1) is 0 Å². The molecule has 18 heavy (non-hydrogen) atoms. The Morgan fingerprint density at radius 2 is 1.94 bits per heavy atom. The zero-order valence-electron chi connectivity index (χ0n) is 11.7. The second-order valence-electron chi connectivity index (χ2n) is 4.59. The lowest BCUT2D eigenvalue weighted by molar-refractivity contribution is -0.113. The Labute approximate surface area is 109 Å². The van der Waals surface area contributed by atoms with Crippen LogP contribution < -0.4 is 0 Å². The molecule has 0 aromatic carbocycles. The first-order chi connectivity index (χ1) is 8.41. The molecule has 0 atom stereocenters. The quantitative estimate of drug-likeness (QED) is 0.602. The van der Waals surface area contributed by atoms with Crippen LogP contribution in [0.1, 0.15) is 38.8 Å². The summed E-state index contributed by atoms with van der Waals surface area (Å²) in [7, 11) is 0. The molecule has 1 aromatic heterocycles. The highest BCUT2D eigenvalue weighted by Crippen LogP contribution is 2.10. The molecule has 0 saturated heterocycles. The Balaban J connectivity index is 2.90. The van der Waals surface area contributed by atoms with E-state index in [4.69, 9.17) is 0 Å². The first kappa shape index (κ1) is 14.3. The highest BCUT2D eigenvalue weighted by atomic mass is 16.1. The zero-order chi connectivity index (χ0) is 13.7. The minimum Gasteiger partial charge on any atom is -0.295 e. The fourth-order valence-electron chi connectivity index (χ4n) is 1.62. The van der Waals surface area contributed by atoms with Gasteiger partial charge in [-0.2, -0.15) is 0 Å². The van der Waals surface area contributed by atoms with E-state index in [0.717, 1.165) is 23.4 Å². The Bertz CT molecular complexity index is 513. The van der Waals surface area contributed by atoms with Gasteiger partial charge >= 0.3 is 0 Å². The second kappa shape index (κ2) is 6.24. The lowest BCUT2D eigenvalue weighted by Crippen LogP contribution is -2.02. The zero-order valence-corrected chi connectivity index (χ0v) is 11.7. The van der Waals surface area contributed by atoms with Crippen molar-refractivity contribution < 1.29 is 4.79 Å². The average Bonchev–Trinajstić information content (AvgIpc) is 2.30. The summed E-state index contributed by atoms with van der Waals surface area (Å²) in [6.07, 6.45) is 4.42. The number of Topliss-reactive ketones (excluding diaryl/α,β-unsaturated/α-hetero) is 1. The van der Waals surface area contributed by atoms with Gasteiger partial charge in [0.1, 0.15) is 0 Å². The van der Waals surface area contributed by atoms with Crippen LogP contribution in [0.3, 0.4) is 0 Å². The number of hydrogen-bond donors (Lipinski definition) is 0. The standard InChI is InChI=1S/C15H20N2O/c1-10-6-7-16-9-15(10)8-11(2)17-13(4)12(3)14(5)18/h6-7,9H,8H2,1-5H3/b13-12+,17-11+. The molecule has 1 aromatic rings. The number of aryl methyl sites for hydroxylation is 1. The van der Waals surface area contributed by atoms with Gasteiger partial charge in [0, 0.05) is 35.8 Å². The fraction of sp³-hybridized carbons (Fsp3) is 0.400. The number of rotatable bonds is 4. The molecule has 3 heteroatoms. The van der Waals surface area contributed by atoms with Crippen molar-refractivity contribution in [1.29, 1.82) is 0 Å². The molecule has 96 valence electrons. The van der Waals surface area contributed by atoms with E-state index >= 15 is 0 Å². The van der Waals surface area contributed by atoms with Crippen molar-refractivity contribution in [1.82, 2.24) is 4.98 Å². The predicted molar refractivity (Wildman–Crippen MR) is 74.8 cm³/mol. The van der Waals surface area contributed by atoms with Crippen LogP contribution in [0.25, 0.3) is 0 Å². The number of carbonyl (C=O) groups excluding carboxylic acids is 1. The largest absolute Gasteiger partial charge is 0.295 e. The van der Waals surface area contributed by atoms with Crippen molar-refractivity contribution in [3.05, 3.63) is 40.9 Å². The lowest BCUT2D eigenvalue weighted by atomic mass is 10.1. The number of ketones is 1.